The Morgan fingerprint density at radius 2 is 2.29 bits per heavy atom. The lowest BCUT2D eigenvalue weighted by molar-refractivity contribution is -0.150. The Hall–Kier alpha value is -1.80. The molecule has 1 aromatic rings. The summed E-state index contributed by atoms with van der Waals surface area (Å²) in [6.07, 6.45) is 1.76. The molecule has 21 heavy (non-hydrogen) atoms. The van der Waals surface area contributed by atoms with Gasteiger partial charge in [0, 0.05) is 10.6 Å². The fourth-order valence-electron chi connectivity index (χ4n) is 2.33. The molecule has 0 radical (unpaired) electrons. The molecule has 0 spiro atoms. The van der Waals surface area contributed by atoms with E-state index >= 15 is 0 Å². The highest BCUT2D eigenvalue weighted by Crippen LogP contribution is 2.37. The van der Waals surface area contributed by atoms with Crippen molar-refractivity contribution in [3.63, 3.8) is 0 Å². The lowest BCUT2D eigenvalue weighted by Crippen LogP contribution is -2.70. The minimum absolute atomic E-state index is 0.00695. The fraction of sp³-hybridized carbons (Fsp3) is 0.308. The molecule has 1 fully saturated rings. The number of carbonyl (C=O) groups excluding carboxylic acids is 2. The fourth-order valence-corrected chi connectivity index (χ4v) is 4.23. The van der Waals surface area contributed by atoms with Crippen LogP contribution in [0.3, 0.4) is 0 Å². The number of nitrogens with zero attached hydrogens (tertiary/aromatic N) is 1. The van der Waals surface area contributed by atoms with Crippen molar-refractivity contribution in [1.82, 2.24) is 10.2 Å². The molecular weight excluding hydrogens is 312 g/mol. The molecule has 2 amide bonds. The first kappa shape index (κ1) is 14.2. The lowest BCUT2D eigenvalue weighted by Gasteiger charge is -2.48. The molecule has 0 aromatic carbocycles. The van der Waals surface area contributed by atoms with Gasteiger partial charge >= 0.3 is 5.97 Å². The molecule has 110 valence electrons. The molecule has 2 N–H and O–H groups in total. The molecule has 3 rings (SSSR count). The monoisotopic (exact) mass is 324 g/mol. The summed E-state index contributed by atoms with van der Waals surface area (Å²) in [6.45, 7) is 0. The summed E-state index contributed by atoms with van der Waals surface area (Å²) in [5, 5.41) is 13.3. The van der Waals surface area contributed by atoms with Crippen molar-refractivity contribution in [1.29, 1.82) is 0 Å². The van der Waals surface area contributed by atoms with Crippen LogP contribution in [-0.4, -0.2) is 45.0 Å². The van der Waals surface area contributed by atoms with Crippen LogP contribution in [0.15, 0.2) is 29.3 Å². The summed E-state index contributed by atoms with van der Waals surface area (Å²) < 4.78 is 0. The highest BCUT2D eigenvalue weighted by Gasteiger charge is 2.52. The van der Waals surface area contributed by atoms with Crippen molar-refractivity contribution in [2.45, 2.75) is 17.8 Å². The SMILES string of the molecule is O=C(Cc1cccs1)N[C@@H]1C(=O)N2C(C(=O)O)=CCS[C@@H]12. The van der Waals surface area contributed by atoms with Crippen molar-refractivity contribution in [2.24, 2.45) is 0 Å². The van der Waals surface area contributed by atoms with Gasteiger partial charge in [-0.05, 0) is 17.5 Å². The van der Waals surface area contributed by atoms with E-state index in [2.05, 4.69) is 5.32 Å². The van der Waals surface area contributed by atoms with Crippen LogP contribution >= 0.6 is 23.1 Å². The molecule has 2 atom stereocenters. The van der Waals surface area contributed by atoms with E-state index in [-0.39, 0.29) is 29.3 Å². The van der Waals surface area contributed by atoms with Crippen molar-refractivity contribution >= 4 is 40.9 Å². The van der Waals surface area contributed by atoms with Crippen LogP contribution in [0.4, 0.5) is 0 Å². The highest BCUT2D eigenvalue weighted by atomic mass is 32.2. The van der Waals surface area contributed by atoms with Gasteiger partial charge in [-0.1, -0.05) is 6.07 Å². The number of carbonyl (C=O) groups is 3. The van der Waals surface area contributed by atoms with Gasteiger partial charge in [0.1, 0.15) is 17.1 Å². The maximum atomic E-state index is 12.0. The van der Waals surface area contributed by atoms with Gasteiger partial charge < -0.3 is 10.4 Å². The Morgan fingerprint density at radius 3 is 2.95 bits per heavy atom. The molecule has 0 bridgehead atoms. The van der Waals surface area contributed by atoms with Crippen molar-refractivity contribution in [3.8, 4) is 0 Å². The molecule has 0 aliphatic carbocycles. The quantitative estimate of drug-likeness (QED) is 0.795. The summed E-state index contributed by atoms with van der Waals surface area (Å²) in [4.78, 5) is 37.2. The van der Waals surface area contributed by atoms with Crippen molar-refractivity contribution in [2.75, 3.05) is 5.75 Å². The average molecular weight is 324 g/mol. The number of fused-ring (bicyclic) bond motifs is 1. The smallest absolute Gasteiger partial charge is 0.352 e. The second kappa shape index (κ2) is 5.53. The normalized spacial score (nSPS) is 23.9. The summed E-state index contributed by atoms with van der Waals surface area (Å²) >= 11 is 2.93. The number of thioether (sulfide) groups is 1. The first-order valence-corrected chi connectivity index (χ1v) is 8.20. The Bertz CT molecular complexity index is 626. The third-order valence-electron chi connectivity index (χ3n) is 3.30. The second-order valence-electron chi connectivity index (χ2n) is 4.63. The first-order valence-electron chi connectivity index (χ1n) is 6.28. The molecule has 2 aliphatic heterocycles. The minimum atomic E-state index is -1.11. The van der Waals surface area contributed by atoms with Crippen LogP contribution in [0, 0.1) is 0 Å². The molecule has 8 heteroatoms. The van der Waals surface area contributed by atoms with Gasteiger partial charge in [-0.2, -0.15) is 0 Å². The number of β-lactam (4-membered cyclic amide) rings is 1. The molecule has 0 unspecified atom stereocenters. The molecule has 3 heterocycles. The number of hydrogen-bond donors (Lipinski definition) is 2. The van der Waals surface area contributed by atoms with Crippen LogP contribution in [-0.2, 0) is 20.8 Å². The van der Waals surface area contributed by atoms with Gasteiger partial charge in [0.15, 0.2) is 0 Å². The van der Waals surface area contributed by atoms with Crippen LogP contribution in [0.2, 0.25) is 0 Å². The largest absolute Gasteiger partial charge is 0.477 e. The van der Waals surface area contributed by atoms with E-state index in [1.54, 1.807) is 0 Å². The van der Waals surface area contributed by atoms with Crippen LogP contribution in [0.1, 0.15) is 4.88 Å². The highest BCUT2D eigenvalue weighted by molar-refractivity contribution is 8.00. The molecule has 1 aromatic heterocycles. The first-order chi connectivity index (χ1) is 10.1. The average Bonchev–Trinajstić information content (AvgIpc) is 2.96. The van der Waals surface area contributed by atoms with Gasteiger partial charge in [-0.25, -0.2) is 4.79 Å². The number of thiophene rings is 1. The van der Waals surface area contributed by atoms with E-state index in [1.165, 1.54) is 34.1 Å². The number of carboxylic acid groups (broad SMARTS) is 1. The van der Waals surface area contributed by atoms with Gasteiger partial charge in [-0.15, -0.1) is 23.1 Å². The number of hydrogen-bond acceptors (Lipinski definition) is 5. The van der Waals surface area contributed by atoms with Gasteiger partial charge in [-0.3, -0.25) is 14.5 Å². The zero-order chi connectivity index (χ0) is 15.0. The summed E-state index contributed by atoms with van der Waals surface area (Å²) in [5.74, 6) is -1.17. The Morgan fingerprint density at radius 1 is 1.48 bits per heavy atom. The Balaban J connectivity index is 1.64. The van der Waals surface area contributed by atoms with Crippen LogP contribution in [0.5, 0.6) is 0 Å². The lowest BCUT2D eigenvalue weighted by atomic mass is 10.0. The zero-order valence-corrected chi connectivity index (χ0v) is 12.4. The van der Waals surface area contributed by atoms with E-state index in [1.807, 2.05) is 17.5 Å². The number of amides is 2. The standard InChI is InChI=1S/C13H12N2O4S2/c16-9(6-7-2-1-4-20-7)14-10-11(17)15-8(13(18)19)3-5-21-12(10)15/h1-4,10,12H,5-6H2,(H,14,16)(H,18,19)/t10-,12+/m1/s1. The summed E-state index contributed by atoms with van der Waals surface area (Å²) in [7, 11) is 0. The number of aliphatic carboxylic acids is 1. The maximum Gasteiger partial charge on any atom is 0.352 e. The van der Waals surface area contributed by atoms with E-state index in [0.29, 0.717) is 5.75 Å². The summed E-state index contributed by atoms with van der Waals surface area (Å²) in [6, 6.07) is 3.09. The topological polar surface area (TPSA) is 86.7 Å². The minimum Gasteiger partial charge on any atom is -0.477 e. The Labute approximate surface area is 128 Å². The predicted molar refractivity (Wildman–Crippen MR) is 78.8 cm³/mol. The van der Waals surface area contributed by atoms with E-state index in [9.17, 15) is 14.4 Å². The van der Waals surface area contributed by atoms with Gasteiger partial charge in [0.25, 0.3) is 5.91 Å². The molecular formula is C13H12N2O4S2. The molecule has 6 nitrogen and oxygen atoms in total. The van der Waals surface area contributed by atoms with Gasteiger partial charge in [0.2, 0.25) is 5.91 Å². The molecule has 0 saturated carbocycles. The van der Waals surface area contributed by atoms with E-state index in [4.69, 9.17) is 5.11 Å². The third-order valence-corrected chi connectivity index (χ3v) is 5.36. The number of nitrogens with one attached hydrogen (secondary N) is 1. The number of carboxylic acids is 1. The van der Waals surface area contributed by atoms with E-state index in [0.717, 1.165) is 4.88 Å². The maximum absolute atomic E-state index is 12.0. The van der Waals surface area contributed by atoms with Gasteiger partial charge in [0.05, 0.1) is 6.42 Å². The molecule has 1 saturated heterocycles. The second-order valence-corrected chi connectivity index (χ2v) is 6.81. The predicted octanol–water partition coefficient (Wildman–Crippen LogP) is 0.659. The summed E-state index contributed by atoms with van der Waals surface area (Å²) in [5.41, 5.74) is 0.00695. The van der Waals surface area contributed by atoms with Crippen LogP contribution < -0.4 is 5.32 Å². The number of rotatable bonds is 4. The van der Waals surface area contributed by atoms with Crippen molar-refractivity contribution < 1.29 is 19.5 Å². The van der Waals surface area contributed by atoms with Crippen molar-refractivity contribution in [3.05, 3.63) is 34.2 Å². The molecule has 2 aliphatic rings. The Kier molecular flexibility index (Phi) is 3.73. The van der Waals surface area contributed by atoms with E-state index < -0.39 is 12.0 Å². The third kappa shape index (κ3) is 2.56. The van der Waals surface area contributed by atoms with Crippen LogP contribution in [0.25, 0.3) is 0 Å². The zero-order valence-electron chi connectivity index (χ0n) is 10.8.